The number of para-hydroxylation sites is 2. The first-order chi connectivity index (χ1) is 14.2. The van der Waals surface area contributed by atoms with Crippen LogP contribution in [0.2, 0.25) is 0 Å². The Balaban J connectivity index is 1.44. The van der Waals surface area contributed by atoms with Crippen LogP contribution < -0.4 is 5.14 Å². The minimum Gasteiger partial charge on any atom is -0.330 e. The standard InChI is InChI=1S/C19H23N5O4S2/c1-22-18-5-3-2-4-17(18)21-19(22)14-23-10-12-24(13-11-23)30(27,28)16-8-6-15(7-9-16)29(20,25)26/h2-9H,10-14H2,1H3,(H2,20,25,26). The van der Waals surface area contributed by atoms with Crippen molar-refractivity contribution in [2.45, 2.75) is 16.3 Å². The molecule has 0 unspecified atom stereocenters. The van der Waals surface area contributed by atoms with E-state index in [1.807, 2.05) is 31.3 Å². The summed E-state index contributed by atoms with van der Waals surface area (Å²) in [6.07, 6.45) is 0. The molecule has 0 atom stereocenters. The predicted octanol–water partition coefficient (Wildman–Crippen LogP) is 0.727. The van der Waals surface area contributed by atoms with Crippen LogP contribution >= 0.6 is 0 Å². The number of rotatable bonds is 5. The molecule has 160 valence electrons. The van der Waals surface area contributed by atoms with E-state index < -0.39 is 20.0 Å². The maximum atomic E-state index is 12.9. The number of aromatic nitrogens is 2. The van der Waals surface area contributed by atoms with Gasteiger partial charge in [-0.15, -0.1) is 0 Å². The highest BCUT2D eigenvalue weighted by molar-refractivity contribution is 7.89. The monoisotopic (exact) mass is 449 g/mol. The van der Waals surface area contributed by atoms with Gasteiger partial charge in [0.15, 0.2) is 0 Å². The molecule has 0 bridgehead atoms. The van der Waals surface area contributed by atoms with Crippen molar-refractivity contribution in [3.05, 3.63) is 54.4 Å². The van der Waals surface area contributed by atoms with Gasteiger partial charge in [-0.1, -0.05) is 12.1 Å². The summed E-state index contributed by atoms with van der Waals surface area (Å²) in [6.45, 7) is 2.50. The lowest BCUT2D eigenvalue weighted by Crippen LogP contribution is -2.48. The molecule has 2 N–H and O–H groups in total. The summed E-state index contributed by atoms with van der Waals surface area (Å²) in [5.41, 5.74) is 2.01. The Kier molecular flexibility index (Phi) is 5.41. The zero-order valence-electron chi connectivity index (χ0n) is 16.5. The van der Waals surface area contributed by atoms with Crippen molar-refractivity contribution in [3.8, 4) is 0 Å². The van der Waals surface area contributed by atoms with Crippen LogP contribution in [0.5, 0.6) is 0 Å². The fourth-order valence-corrected chi connectivity index (χ4v) is 5.55. The number of hydrogen-bond donors (Lipinski definition) is 1. The number of primary sulfonamides is 1. The largest absolute Gasteiger partial charge is 0.330 e. The molecule has 30 heavy (non-hydrogen) atoms. The van der Waals surface area contributed by atoms with E-state index in [-0.39, 0.29) is 9.79 Å². The highest BCUT2D eigenvalue weighted by Gasteiger charge is 2.29. The Morgan fingerprint density at radius 1 is 0.900 bits per heavy atom. The number of sulfonamides is 2. The van der Waals surface area contributed by atoms with Gasteiger partial charge in [-0.2, -0.15) is 4.31 Å². The van der Waals surface area contributed by atoms with Gasteiger partial charge >= 0.3 is 0 Å². The lowest BCUT2D eigenvalue weighted by Gasteiger charge is -2.33. The molecule has 0 radical (unpaired) electrons. The summed E-state index contributed by atoms with van der Waals surface area (Å²) in [5.74, 6) is 0.936. The second-order valence-corrected chi connectivity index (χ2v) is 10.8. The third-order valence-corrected chi connectivity index (χ3v) is 8.21. The lowest BCUT2D eigenvalue weighted by molar-refractivity contribution is 0.177. The molecule has 1 aliphatic heterocycles. The van der Waals surface area contributed by atoms with Crippen molar-refractivity contribution in [3.63, 3.8) is 0 Å². The van der Waals surface area contributed by atoms with Crippen molar-refractivity contribution in [2.75, 3.05) is 26.2 Å². The van der Waals surface area contributed by atoms with E-state index in [0.717, 1.165) is 16.9 Å². The molecule has 2 heterocycles. The first-order valence-corrected chi connectivity index (χ1v) is 12.4. The van der Waals surface area contributed by atoms with Crippen LogP contribution in [0.25, 0.3) is 11.0 Å². The molecule has 0 saturated carbocycles. The van der Waals surface area contributed by atoms with Gasteiger partial charge in [0.25, 0.3) is 0 Å². The summed E-state index contributed by atoms with van der Waals surface area (Å²) in [6, 6.07) is 12.9. The first-order valence-electron chi connectivity index (χ1n) is 9.42. The number of imidazole rings is 1. The van der Waals surface area contributed by atoms with Crippen molar-refractivity contribution in [1.82, 2.24) is 18.8 Å². The smallest absolute Gasteiger partial charge is 0.243 e. The second kappa shape index (κ2) is 7.75. The number of fused-ring (bicyclic) bond motifs is 1. The molecule has 1 aliphatic rings. The average molecular weight is 450 g/mol. The molecule has 9 nitrogen and oxygen atoms in total. The first kappa shape index (κ1) is 20.9. The molecule has 1 fully saturated rings. The Labute approximate surface area is 175 Å². The van der Waals surface area contributed by atoms with Crippen molar-refractivity contribution in [1.29, 1.82) is 0 Å². The second-order valence-electron chi connectivity index (χ2n) is 7.27. The van der Waals surface area contributed by atoms with Crippen LogP contribution in [0.4, 0.5) is 0 Å². The topological polar surface area (TPSA) is 119 Å². The minimum absolute atomic E-state index is 0.0544. The summed E-state index contributed by atoms with van der Waals surface area (Å²) < 4.78 is 52.0. The molecule has 3 aromatic rings. The van der Waals surface area contributed by atoms with E-state index in [2.05, 4.69) is 14.5 Å². The molecule has 4 rings (SSSR count). The zero-order valence-corrected chi connectivity index (χ0v) is 18.1. The van der Waals surface area contributed by atoms with Gasteiger partial charge < -0.3 is 4.57 Å². The van der Waals surface area contributed by atoms with E-state index in [4.69, 9.17) is 5.14 Å². The quantitative estimate of drug-likeness (QED) is 0.613. The fraction of sp³-hybridized carbons (Fsp3) is 0.316. The zero-order chi connectivity index (χ0) is 21.5. The van der Waals surface area contributed by atoms with Crippen molar-refractivity contribution < 1.29 is 16.8 Å². The number of benzene rings is 2. The highest BCUT2D eigenvalue weighted by Crippen LogP contribution is 2.21. The third-order valence-electron chi connectivity index (χ3n) is 5.37. The maximum Gasteiger partial charge on any atom is 0.243 e. The van der Waals surface area contributed by atoms with Gasteiger partial charge in [-0.25, -0.2) is 27.0 Å². The van der Waals surface area contributed by atoms with E-state index in [0.29, 0.717) is 32.7 Å². The van der Waals surface area contributed by atoms with Crippen LogP contribution in [0.1, 0.15) is 5.82 Å². The Bertz CT molecular complexity index is 1280. The minimum atomic E-state index is -3.86. The van der Waals surface area contributed by atoms with Gasteiger partial charge in [0.1, 0.15) is 5.82 Å². The molecule has 1 aromatic heterocycles. The molecular weight excluding hydrogens is 426 g/mol. The summed E-state index contributed by atoms with van der Waals surface area (Å²) in [5, 5.41) is 5.07. The molecule has 1 saturated heterocycles. The number of nitrogens with two attached hydrogens (primary N) is 1. The Hall–Kier alpha value is -2.31. The van der Waals surface area contributed by atoms with Crippen LogP contribution in [0, 0.1) is 0 Å². The van der Waals surface area contributed by atoms with Gasteiger partial charge in [0.05, 0.1) is 27.4 Å². The molecular formula is C19H23N5O4S2. The Morgan fingerprint density at radius 2 is 1.50 bits per heavy atom. The lowest BCUT2D eigenvalue weighted by atomic mass is 10.3. The average Bonchev–Trinajstić information content (AvgIpc) is 3.03. The predicted molar refractivity (Wildman–Crippen MR) is 113 cm³/mol. The van der Waals surface area contributed by atoms with E-state index in [1.54, 1.807) is 0 Å². The third kappa shape index (κ3) is 3.98. The Morgan fingerprint density at radius 3 is 2.10 bits per heavy atom. The normalized spacial score (nSPS) is 16.9. The fourth-order valence-electron chi connectivity index (χ4n) is 3.62. The van der Waals surface area contributed by atoms with E-state index >= 15 is 0 Å². The van der Waals surface area contributed by atoms with E-state index in [1.165, 1.54) is 28.6 Å². The number of nitrogens with zero attached hydrogens (tertiary/aromatic N) is 4. The van der Waals surface area contributed by atoms with Gasteiger partial charge in [-0.05, 0) is 36.4 Å². The SMILES string of the molecule is Cn1c(CN2CCN(S(=O)(=O)c3ccc(S(N)(=O)=O)cc3)CC2)nc2ccccc21. The van der Waals surface area contributed by atoms with Gasteiger partial charge in [0, 0.05) is 33.2 Å². The number of piperazine rings is 1. The molecule has 2 aromatic carbocycles. The van der Waals surface area contributed by atoms with Crippen LogP contribution in [0.3, 0.4) is 0 Å². The maximum absolute atomic E-state index is 12.9. The summed E-state index contributed by atoms with van der Waals surface area (Å²) >= 11 is 0. The molecule has 11 heteroatoms. The number of hydrogen-bond acceptors (Lipinski definition) is 6. The molecule has 0 aliphatic carbocycles. The van der Waals surface area contributed by atoms with E-state index in [9.17, 15) is 16.8 Å². The van der Waals surface area contributed by atoms with Crippen molar-refractivity contribution >= 4 is 31.1 Å². The summed E-state index contributed by atoms with van der Waals surface area (Å²) in [4.78, 5) is 6.80. The number of aryl methyl sites for hydroxylation is 1. The van der Waals surface area contributed by atoms with Gasteiger partial charge in [0.2, 0.25) is 20.0 Å². The molecule has 0 spiro atoms. The van der Waals surface area contributed by atoms with Crippen LogP contribution in [0.15, 0.2) is 58.3 Å². The van der Waals surface area contributed by atoms with Crippen molar-refractivity contribution in [2.24, 2.45) is 12.2 Å². The summed E-state index contributed by atoms with van der Waals surface area (Å²) in [7, 11) is -5.58. The van der Waals surface area contributed by atoms with Crippen LogP contribution in [-0.2, 0) is 33.6 Å². The van der Waals surface area contributed by atoms with Crippen LogP contribution in [-0.4, -0.2) is 61.8 Å². The molecule has 0 amide bonds. The highest BCUT2D eigenvalue weighted by atomic mass is 32.2. The van der Waals surface area contributed by atoms with Gasteiger partial charge in [-0.3, -0.25) is 4.90 Å².